The number of allylic oxidation sites excluding steroid dienone is 2. The van der Waals surface area contributed by atoms with Gasteiger partial charge in [0.25, 0.3) is 11.8 Å². The number of benzene rings is 3. The van der Waals surface area contributed by atoms with Crippen LogP contribution in [0.15, 0.2) is 72.3 Å². The van der Waals surface area contributed by atoms with Crippen molar-refractivity contribution < 1.29 is 43.3 Å². The fourth-order valence-electron chi connectivity index (χ4n) is 8.93. The van der Waals surface area contributed by atoms with Gasteiger partial charge < -0.3 is 14.9 Å². The van der Waals surface area contributed by atoms with E-state index in [1.807, 2.05) is 6.08 Å². The standard InChI is InChI=1S/C39H36Cl2FN3O8/c1-53-23-10-7-21(8-11-23)39-27(36(50)45(38(39)52)43-30-14-9-22(40)18-28(30)41)19-26-24(34(39)20-6-15-31(46)29(42)17-20)12-13-25-33(26)37(51)44(35(25)49)16-4-2-3-5-32(47)48/h6-12,14-15,17-18,25-27,33-34,43,46H,2-5,13,16,19H2,1H3,(H,47,48). The fourth-order valence-corrected chi connectivity index (χ4v) is 9.38. The normalized spacial score (nSPS) is 26.3. The first-order valence-corrected chi connectivity index (χ1v) is 18.1. The van der Waals surface area contributed by atoms with Crippen LogP contribution in [0.3, 0.4) is 0 Å². The number of anilines is 1. The molecule has 14 heteroatoms. The molecule has 6 atom stereocenters. The quantitative estimate of drug-likeness (QED) is 0.113. The molecule has 7 rings (SSSR count). The zero-order chi connectivity index (χ0) is 37.8. The topological polar surface area (TPSA) is 154 Å². The van der Waals surface area contributed by atoms with Crippen molar-refractivity contribution in [3.8, 4) is 11.5 Å². The minimum Gasteiger partial charge on any atom is -0.505 e. The van der Waals surface area contributed by atoms with Gasteiger partial charge in [0.15, 0.2) is 11.6 Å². The maximum absolute atomic E-state index is 15.3. The van der Waals surface area contributed by atoms with Crippen molar-refractivity contribution in [3.05, 3.63) is 99.3 Å². The number of hydrogen-bond acceptors (Lipinski definition) is 8. The summed E-state index contributed by atoms with van der Waals surface area (Å²) >= 11 is 12.6. The molecule has 0 radical (unpaired) electrons. The first-order valence-electron chi connectivity index (χ1n) is 17.4. The highest BCUT2D eigenvalue weighted by atomic mass is 35.5. The van der Waals surface area contributed by atoms with Gasteiger partial charge in [-0.1, -0.05) is 59.5 Å². The Balaban J connectivity index is 1.36. The third kappa shape index (κ3) is 6.01. The highest BCUT2D eigenvalue weighted by molar-refractivity contribution is 6.36. The number of imide groups is 2. The molecule has 3 N–H and O–H groups in total. The summed E-state index contributed by atoms with van der Waals surface area (Å²) in [6, 6.07) is 15.1. The summed E-state index contributed by atoms with van der Waals surface area (Å²) in [6.45, 7) is 0.134. The van der Waals surface area contributed by atoms with Crippen LogP contribution in [-0.2, 0) is 29.4 Å². The minimum atomic E-state index is -1.68. The zero-order valence-electron chi connectivity index (χ0n) is 28.6. The van der Waals surface area contributed by atoms with Gasteiger partial charge in [-0.3, -0.25) is 34.3 Å². The van der Waals surface area contributed by atoms with Crippen molar-refractivity contribution in [2.45, 2.75) is 49.9 Å². The maximum Gasteiger partial charge on any atom is 0.303 e. The van der Waals surface area contributed by atoms with E-state index in [2.05, 4.69) is 5.43 Å². The lowest BCUT2D eigenvalue weighted by Gasteiger charge is -2.50. The average Bonchev–Trinajstić information content (AvgIpc) is 3.50. The summed E-state index contributed by atoms with van der Waals surface area (Å²) in [4.78, 5) is 70.2. The Hall–Kier alpha value is -4.94. The average molecular weight is 765 g/mol. The van der Waals surface area contributed by atoms with Gasteiger partial charge in [0.2, 0.25) is 11.8 Å². The second kappa shape index (κ2) is 14.1. The van der Waals surface area contributed by atoms with Crippen LogP contribution in [0.1, 0.15) is 55.6 Å². The van der Waals surface area contributed by atoms with E-state index in [0.29, 0.717) is 46.7 Å². The molecule has 3 fully saturated rings. The number of halogens is 3. The first-order chi connectivity index (χ1) is 25.4. The van der Waals surface area contributed by atoms with Crippen LogP contribution < -0.4 is 10.2 Å². The van der Waals surface area contributed by atoms with Gasteiger partial charge in [0, 0.05) is 23.9 Å². The van der Waals surface area contributed by atoms with E-state index in [0.717, 1.165) is 11.1 Å². The highest BCUT2D eigenvalue weighted by Crippen LogP contribution is 2.64. The summed E-state index contributed by atoms with van der Waals surface area (Å²) in [5, 5.41) is 20.6. The Morgan fingerprint density at radius 1 is 0.962 bits per heavy atom. The van der Waals surface area contributed by atoms with Gasteiger partial charge in [-0.2, -0.15) is 5.01 Å². The number of hydrogen-bond donors (Lipinski definition) is 3. The fraction of sp³-hybridized carbons (Fsp3) is 0.359. The molecular weight excluding hydrogens is 728 g/mol. The molecule has 53 heavy (non-hydrogen) atoms. The van der Waals surface area contributed by atoms with Crippen LogP contribution in [0.5, 0.6) is 11.5 Å². The molecule has 4 amide bonds. The lowest BCUT2D eigenvalue weighted by Crippen LogP contribution is -2.53. The molecule has 2 heterocycles. The molecule has 6 unspecified atom stereocenters. The smallest absolute Gasteiger partial charge is 0.303 e. The number of nitrogens with zero attached hydrogens (tertiary/aromatic N) is 2. The summed E-state index contributed by atoms with van der Waals surface area (Å²) in [7, 11) is 1.50. The van der Waals surface area contributed by atoms with Crippen molar-refractivity contribution in [1.82, 2.24) is 9.91 Å². The van der Waals surface area contributed by atoms with Gasteiger partial charge in [-0.15, -0.1) is 0 Å². The molecule has 0 bridgehead atoms. The van der Waals surface area contributed by atoms with Gasteiger partial charge in [0.05, 0.1) is 41.0 Å². The lowest BCUT2D eigenvalue weighted by molar-refractivity contribution is -0.141. The number of methoxy groups -OCH3 is 1. The molecule has 4 aliphatic rings. The Morgan fingerprint density at radius 3 is 2.40 bits per heavy atom. The number of carboxylic acid groups (broad SMARTS) is 1. The first kappa shape index (κ1) is 36.4. The van der Waals surface area contributed by atoms with Crippen LogP contribution >= 0.6 is 23.2 Å². The van der Waals surface area contributed by atoms with Crippen molar-refractivity contribution in [2.75, 3.05) is 19.1 Å². The second-order valence-electron chi connectivity index (χ2n) is 14.0. The molecule has 2 saturated heterocycles. The number of likely N-dealkylation sites (tertiary alicyclic amines) is 1. The number of phenols is 1. The minimum absolute atomic E-state index is 0.0120. The summed E-state index contributed by atoms with van der Waals surface area (Å²) in [5.74, 6) is -8.22. The van der Waals surface area contributed by atoms with Crippen molar-refractivity contribution in [3.63, 3.8) is 0 Å². The predicted octanol–water partition coefficient (Wildman–Crippen LogP) is 6.48. The molecule has 2 aliphatic carbocycles. The molecule has 0 spiro atoms. The number of phenolic OH excluding ortho intramolecular Hbond substituents is 1. The molecule has 1 saturated carbocycles. The van der Waals surface area contributed by atoms with Crippen molar-refractivity contribution in [1.29, 1.82) is 0 Å². The van der Waals surface area contributed by atoms with E-state index in [1.54, 1.807) is 30.3 Å². The number of hydrazine groups is 1. The van der Waals surface area contributed by atoms with Crippen molar-refractivity contribution in [2.24, 2.45) is 23.7 Å². The van der Waals surface area contributed by atoms with Crippen LogP contribution in [0.2, 0.25) is 10.0 Å². The number of ether oxygens (including phenoxy) is 1. The predicted molar refractivity (Wildman–Crippen MR) is 192 cm³/mol. The molecule has 3 aromatic carbocycles. The number of amides is 4. The van der Waals surface area contributed by atoms with E-state index in [9.17, 15) is 24.3 Å². The molecule has 11 nitrogen and oxygen atoms in total. The Bertz CT molecular complexity index is 2060. The van der Waals surface area contributed by atoms with E-state index >= 15 is 9.18 Å². The number of carbonyl (C=O) groups excluding carboxylic acids is 4. The van der Waals surface area contributed by atoms with Crippen LogP contribution in [0.25, 0.3) is 0 Å². The Kier molecular flexibility index (Phi) is 9.71. The van der Waals surface area contributed by atoms with Gasteiger partial charge in [0.1, 0.15) is 5.75 Å². The number of carbonyl (C=O) groups is 5. The Morgan fingerprint density at radius 2 is 1.72 bits per heavy atom. The van der Waals surface area contributed by atoms with Gasteiger partial charge >= 0.3 is 5.97 Å². The molecule has 3 aromatic rings. The Labute approximate surface area is 314 Å². The van der Waals surface area contributed by atoms with E-state index in [1.165, 1.54) is 36.3 Å². The largest absolute Gasteiger partial charge is 0.505 e. The van der Waals surface area contributed by atoms with Gasteiger partial charge in [-0.25, -0.2) is 4.39 Å². The zero-order valence-corrected chi connectivity index (χ0v) is 30.1. The SMILES string of the molecule is COc1ccc(C23C(=O)N(Nc4ccc(Cl)cc4Cl)C(=O)C2CC2C(=CCC4C(=O)N(CCCCCC(=O)O)C(=O)C42)C3c2ccc(O)c(F)c2)cc1. The lowest BCUT2D eigenvalue weighted by atomic mass is 9.49. The number of fused-ring (bicyclic) bond motifs is 4. The number of aromatic hydroxyl groups is 1. The summed E-state index contributed by atoms with van der Waals surface area (Å²) in [6.07, 6.45) is 3.42. The monoisotopic (exact) mass is 763 g/mol. The van der Waals surface area contributed by atoms with Gasteiger partial charge in [-0.05, 0) is 85.2 Å². The number of rotatable bonds is 11. The molecular formula is C39H36Cl2FN3O8. The van der Waals surface area contributed by atoms with E-state index in [4.69, 9.17) is 33.0 Å². The van der Waals surface area contributed by atoms with E-state index in [-0.39, 0.29) is 48.3 Å². The highest BCUT2D eigenvalue weighted by Gasteiger charge is 2.70. The van der Waals surface area contributed by atoms with E-state index < -0.39 is 64.4 Å². The molecule has 276 valence electrons. The number of carboxylic acids is 1. The molecule has 2 aliphatic heterocycles. The summed E-state index contributed by atoms with van der Waals surface area (Å²) in [5.41, 5.74) is 2.85. The summed E-state index contributed by atoms with van der Waals surface area (Å²) < 4.78 is 20.7. The number of aliphatic carboxylic acids is 1. The number of unbranched alkanes of at least 4 members (excludes halogenated alkanes) is 2. The van der Waals surface area contributed by atoms with Crippen LogP contribution in [0.4, 0.5) is 10.1 Å². The third-order valence-electron chi connectivity index (χ3n) is 11.2. The molecule has 0 aromatic heterocycles. The second-order valence-corrected chi connectivity index (χ2v) is 14.8. The maximum atomic E-state index is 15.3. The van der Waals surface area contributed by atoms with Crippen LogP contribution in [0, 0.1) is 29.5 Å². The van der Waals surface area contributed by atoms with Crippen LogP contribution in [-0.4, -0.2) is 63.4 Å². The third-order valence-corrected chi connectivity index (χ3v) is 11.8. The number of nitrogens with one attached hydrogen (secondary N) is 1. The van der Waals surface area contributed by atoms with Crippen molar-refractivity contribution >= 4 is 58.5 Å².